The Labute approximate surface area is 124 Å². The van der Waals surface area contributed by atoms with Gasteiger partial charge in [-0.05, 0) is 19.1 Å². The lowest BCUT2D eigenvalue weighted by Gasteiger charge is -1.94. The van der Waals surface area contributed by atoms with Crippen molar-refractivity contribution >= 4 is 11.6 Å². The highest BCUT2D eigenvalue weighted by molar-refractivity contribution is 6.32. The molecule has 3 aromatic rings. The normalized spacial score (nSPS) is 10.5. The number of aryl methyl sites for hydroxylation is 1. The molecule has 0 N–H and O–H groups in total. The number of aromatic nitrogens is 4. The van der Waals surface area contributed by atoms with Gasteiger partial charge in [0, 0.05) is 6.20 Å². The molecule has 0 aliphatic rings. The lowest BCUT2D eigenvalue weighted by Crippen LogP contribution is -1.93. The summed E-state index contributed by atoms with van der Waals surface area (Å²) in [6.07, 6.45) is 1.80. The minimum Gasteiger partial charge on any atom is -0.360 e. The summed E-state index contributed by atoms with van der Waals surface area (Å²) in [5, 5.41) is 17.1. The molecule has 0 aliphatic carbocycles. The minimum absolute atomic E-state index is 0.206. The van der Waals surface area contributed by atoms with Crippen LogP contribution in [-0.4, -0.2) is 20.3 Å². The fraction of sp³-hybridized carbons (Fsp3) is 0.154. The first kappa shape index (κ1) is 13.3. The molecule has 0 amide bonds. The first-order chi connectivity index (χ1) is 10.2. The molecular formula is C13H8ClN5O2. The third-order valence-electron chi connectivity index (χ3n) is 2.80. The molecular weight excluding hydrogens is 294 g/mol. The SMILES string of the molecule is Cc1onc(Cc2nc(-c3ncccc3Cl)no2)c1C#N. The van der Waals surface area contributed by atoms with Gasteiger partial charge in [0.15, 0.2) is 5.76 Å². The summed E-state index contributed by atoms with van der Waals surface area (Å²) >= 11 is 6.02. The van der Waals surface area contributed by atoms with Crippen LogP contribution in [-0.2, 0) is 6.42 Å². The number of pyridine rings is 1. The van der Waals surface area contributed by atoms with Crippen molar-refractivity contribution in [2.45, 2.75) is 13.3 Å². The first-order valence-corrected chi connectivity index (χ1v) is 6.35. The maximum Gasteiger partial charge on any atom is 0.233 e. The molecule has 3 rings (SSSR count). The van der Waals surface area contributed by atoms with Gasteiger partial charge in [-0.1, -0.05) is 21.9 Å². The van der Waals surface area contributed by atoms with Crippen molar-refractivity contribution in [3.8, 4) is 17.6 Å². The van der Waals surface area contributed by atoms with Gasteiger partial charge in [-0.3, -0.25) is 4.98 Å². The van der Waals surface area contributed by atoms with Crippen LogP contribution in [0, 0.1) is 18.3 Å². The second-order valence-electron chi connectivity index (χ2n) is 4.19. The molecule has 104 valence electrons. The van der Waals surface area contributed by atoms with E-state index in [9.17, 15) is 0 Å². The molecule has 0 fully saturated rings. The lowest BCUT2D eigenvalue weighted by molar-refractivity contribution is 0.371. The van der Waals surface area contributed by atoms with Gasteiger partial charge < -0.3 is 9.05 Å². The van der Waals surface area contributed by atoms with E-state index in [2.05, 4.69) is 20.3 Å². The highest BCUT2D eigenvalue weighted by atomic mass is 35.5. The van der Waals surface area contributed by atoms with E-state index in [-0.39, 0.29) is 12.2 Å². The Kier molecular flexibility index (Phi) is 3.38. The van der Waals surface area contributed by atoms with Crippen LogP contribution in [0.25, 0.3) is 11.5 Å². The first-order valence-electron chi connectivity index (χ1n) is 5.97. The van der Waals surface area contributed by atoms with E-state index in [0.29, 0.717) is 33.6 Å². The van der Waals surface area contributed by atoms with Crippen LogP contribution in [0.1, 0.15) is 22.9 Å². The van der Waals surface area contributed by atoms with E-state index in [0.717, 1.165) is 0 Å². The van der Waals surface area contributed by atoms with Crippen molar-refractivity contribution < 1.29 is 9.05 Å². The quantitative estimate of drug-likeness (QED) is 0.732. The molecule has 0 aromatic carbocycles. The van der Waals surface area contributed by atoms with Crippen LogP contribution in [0.3, 0.4) is 0 Å². The second-order valence-corrected chi connectivity index (χ2v) is 4.60. The van der Waals surface area contributed by atoms with Gasteiger partial charge in [-0.15, -0.1) is 0 Å². The molecule has 0 radical (unpaired) electrons. The molecule has 0 aliphatic heterocycles. The van der Waals surface area contributed by atoms with Crippen molar-refractivity contribution in [2.24, 2.45) is 0 Å². The van der Waals surface area contributed by atoms with Gasteiger partial charge in [-0.25, -0.2) is 0 Å². The molecule has 0 unspecified atom stereocenters. The van der Waals surface area contributed by atoms with E-state index in [4.69, 9.17) is 25.9 Å². The average Bonchev–Trinajstić information content (AvgIpc) is 3.07. The summed E-state index contributed by atoms with van der Waals surface area (Å²) in [7, 11) is 0. The zero-order valence-corrected chi connectivity index (χ0v) is 11.6. The van der Waals surface area contributed by atoms with Crippen molar-refractivity contribution in [3.05, 3.63) is 46.3 Å². The maximum atomic E-state index is 9.04. The van der Waals surface area contributed by atoms with Gasteiger partial charge >= 0.3 is 0 Å². The van der Waals surface area contributed by atoms with E-state index >= 15 is 0 Å². The Morgan fingerprint density at radius 3 is 2.95 bits per heavy atom. The largest absolute Gasteiger partial charge is 0.360 e. The highest BCUT2D eigenvalue weighted by Gasteiger charge is 2.18. The number of nitrogens with zero attached hydrogens (tertiary/aromatic N) is 5. The highest BCUT2D eigenvalue weighted by Crippen LogP contribution is 2.23. The van der Waals surface area contributed by atoms with Gasteiger partial charge in [0.25, 0.3) is 0 Å². The molecule has 3 aromatic heterocycles. The van der Waals surface area contributed by atoms with Crippen molar-refractivity contribution in [1.29, 1.82) is 5.26 Å². The third-order valence-corrected chi connectivity index (χ3v) is 3.11. The van der Waals surface area contributed by atoms with E-state index in [1.807, 2.05) is 6.07 Å². The standard InChI is InChI=1S/C13H8ClN5O2/c1-7-8(6-15)10(18-20-7)5-11-17-13(19-21-11)12-9(14)3-2-4-16-12/h2-4H,5H2,1H3. The summed E-state index contributed by atoms with van der Waals surface area (Å²) in [5.41, 5.74) is 1.27. The predicted molar refractivity (Wildman–Crippen MR) is 71.3 cm³/mol. The molecule has 0 bridgehead atoms. The lowest BCUT2D eigenvalue weighted by atomic mass is 10.2. The number of nitriles is 1. The molecule has 21 heavy (non-hydrogen) atoms. The Balaban J connectivity index is 1.89. The van der Waals surface area contributed by atoms with Gasteiger partial charge in [0.1, 0.15) is 23.0 Å². The molecule has 0 atom stereocenters. The van der Waals surface area contributed by atoms with E-state index in [1.165, 1.54) is 0 Å². The minimum atomic E-state index is 0.206. The smallest absolute Gasteiger partial charge is 0.233 e. The third kappa shape index (κ3) is 2.49. The molecule has 0 spiro atoms. The number of hydrogen-bond acceptors (Lipinski definition) is 7. The fourth-order valence-electron chi connectivity index (χ4n) is 1.80. The average molecular weight is 302 g/mol. The molecule has 0 saturated heterocycles. The molecule has 8 heteroatoms. The van der Waals surface area contributed by atoms with Crippen LogP contribution in [0.5, 0.6) is 0 Å². The van der Waals surface area contributed by atoms with Crippen LogP contribution in [0.4, 0.5) is 0 Å². The Hall–Kier alpha value is -2.72. The van der Waals surface area contributed by atoms with Crippen molar-refractivity contribution in [3.63, 3.8) is 0 Å². The molecule has 0 saturated carbocycles. The van der Waals surface area contributed by atoms with Gasteiger partial charge in [-0.2, -0.15) is 10.2 Å². The monoisotopic (exact) mass is 301 g/mol. The Morgan fingerprint density at radius 1 is 1.33 bits per heavy atom. The summed E-state index contributed by atoms with van der Waals surface area (Å²) < 4.78 is 10.1. The fourth-order valence-corrected chi connectivity index (χ4v) is 2.00. The van der Waals surface area contributed by atoms with E-state index < -0.39 is 0 Å². The maximum absolute atomic E-state index is 9.04. The topological polar surface area (TPSA) is 102 Å². The Bertz CT molecular complexity index is 833. The second kappa shape index (κ2) is 5.34. The number of hydrogen-bond donors (Lipinski definition) is 0. The van der Waals surface area contributed by atoms with Crippen molar-refractivity contribution in [2.75, 3.05) is 0 Å². The van der Waals surface area contributed by atoms with Crippen LogP contribution in [0.2, 0.25) is 5.02 Å². The Morgan fingerprint density at radius 2 is 2.19 bits per heavy atom. The summed E-state index contributed by atoms with van der Waals surface area (Å²) in [6, 6.07) is 5.43. The number of rotatable bonds is 3. The zero-order chi connectivity index (χ0) is 14.8. The van der Waals surface area contributed by atoms with E-state index in [1.54, 1.807) is 25.3 Å². The van der Waals surface area contributed by atoms with Gasteiger partial charge in [0.2, 0.25) is 11.7 Å². The number of halogens is 1. The summed E-state index contributed by atoms with van der Waals surface area (Å²) in [4.78, 5) is 8.31. The van der Waals surface area contributed by atoms with Crippen LogP contribution < -0.4 is 0 Å². The molecule has 7 nitrogen and oxygen atoms in total. The predicted octanol–water partition coefficient (Wildman–Crippen LogP) is 2.54. The van der Waals surface area contributed by atoms with Crippen LogP contribution >= 0.6 is 11.6 Å². The van der Waals surface area contributed by atoms with Gasteiger partial charge in [0.05, 0.1) is 11.4 Å². The van der Waals surface area contributed by atoms with Crippen LogP contribution in [0.15, 0.2) is 27.4 Å². The summed E-state index contributed by atoms with van der Waals surface area (Å²) in [6.45, 7) is 1.67. The molecule has 3 heterocycles. The summed E-state index contributed by atoms with van der Waals surface area (Å²) in [5.74, 6) is 1.05. The van der Waals surface area contributed by atoms with Crippen molar-refractivity contribution in [1.82, 2.24) is 20.3 Å². The zero-order valence-electron chi connectivity index (χ0n) is 10.9.